The highest BCUT2D eigenvalue weighted by atomic mass is 32.2. The average Bonchev–Trinajstić information content (AvgIpc) is 2.94. The predicted molar refractivity (Wildman–Crippen MR) is 98.9 cm³/mol. The van der Waals surface area contributed by atoms with Crippen LogP contribution < -0.4 is 0 Å². The van der Waals surface area contributed by atoms with Gasteiger partial charge in [0.05, 0.1) is 21.6 Å². The molecule has 1 aliphatic heterocycles. The van der Waals surface area contributed by atoms with E-state index in [1.807, 2.05) is 0 Å². The molecule has 0 saturated carbocycles. The largest absolute Gasteiger partial charge is 0.363 e. The zero-order valence-corrected chi connectivity index (χ0v) is 16.1. The molecule has 3 rings (SSSR count). The lowest BCUT2D eigenvalue weighted by atomic mass is 10.1. The SMILES string of the molecule is CCN(CC)S(=O)(=O)c1ccc(C(=O)ON2C(=O)c3ccccc3C2=O)cc1. The third-order valence-electron chi connectivity index (χ3n) is 4.36. The summed E-state index contributed by atoms with van der Waals surface area (Å²) < 4.78 is 26.2. The predicted octanol–water partition coefficient (Wildman–Crippen LogP) is 2.09. The molecule has 0 spiro atoms. The number of fused-ring (bicyclic) bond motifs is 1. The maximum Gasteiger partial charge on any atom is 0.363 e. The van der Waals surface area contributed by atoms with Crippen LogP contribution in [-0.4, -0.2) is 48.7 Å². The minimum absolute atomic E-state index is 0.00931. The van der Waals surface area contributed by atoms with Gasteiger partial charge in [-0.15, -0.1) is 0 Å². The molecular weight excluding hydrogens is 384 g/mol. The van der Waals surface area contributed by atoms with Gasteiger partial charge in [0, 0.05) is 13.1 Å². The summed E-state index contributed by atoms with van der Waals surface area (Å²) in [7, 11) is -3.66. The number of amides is 2. The number of rotatable bonds is 6. The van der Waals surface area contributed by atoms with E-state index < -0.39 is 27.8 Å². The molecule has 1 heterocycles. The lowest BCUT2D eigenvalue weighted by molar-refractivity contribution is -0.0584. The van der Waals surface area contributed by atoms with E-state index in [9.17, 15) is 22.8 Å². The second-order valence-electron chi connectivity index (χ2n) is 5.94. The summed E-state index contributed by atoms with van der Waals surface area (Å²) in [6.45, 7) is 4.11. The number of sulfonamides is 1. The van der Waals surface area contributed by atoms with Crippen LogP contribution in [0, 0.1) is 0 Å². The van der Waals surface area contributed by atoms with Crippen molar-refractivity contribution in [2.75, 3.05) is 13.1 Å². The number of carbonyl (C=O) groups excluding carboxylic acids is 3. The summed E-state index contributed by atoms with van der Waals surface area (Å²) >= 11 is 0. The fraction of sp³-hybridized carbons (Fsp3) is 0.211. The Labute approximate surface area is 162 Å². The Kier molecular flexibility index (Phi) is 5.30. The molecular formula is C19H18N2O6S. The molecule has 2 aromatic carbocycles. The number of hydrogen-bond acceptors (Lipinski definition) is 6. The van der Waals surface area contributed by atoms with Crippen LogP contribution in [0.4, 0.5) is 0 Å². The summed E-state index contributed by atoms with van der Waals surface area (Å²) in [6.07, 6.45) is 0. The van der Waals surface area contributed by atoms with Gasteiger partial charge in [-0.05, 0) is 36.4 Å². The number of imide groups is 1. The van der Waals surface area contributed by atoms with Gasteiger partial charge in [0.25, 0.3) is 11.8 Å². The molecule has 0 bridgehead atoms. The minimum Gasteiger partial charge on any atom is -0.324 e. The fourth-order valence-corrected chi connectivity index (χ4v) is 4.32. The highest BCUT2D eigenvalue weighted by molar-refractivity contribution is 7.89. The van der Waals surface area contributed by atoms with Gasteiger partial charge < -0.3 is 4.84 Å². The van der Waals surface area contributed by atoms with Crippen LogP contribution >= 0.6 is 0 Å². The van der Waals surface area contributed by atoms with E-state index in [0.717, 1.165) is 0 Å². The normalized spacial score (nSPS) is 13.8. The van der Waals surface area contributed by atoms with Gasteiger partial charge in [0.2, 0.25) is 10.0 Å². The van der Waals surface area contributed by atoms with Crippen LogP contribution in [-0.2, 0) is 14.9 Å². The van der Waals surface area contributed by atoms with E-state index >= 15 is 0 Å². The topological polar surface area (TPSA) is 101 Å². The first-order chi connectivity index (χ1) is 13.3. The molecule has 0 aliphatic carbocycles. The molecule has 146 valence electrons. The molecule has 0 saturated heterocycles. The van der Waals surface area contributed by atoms with Crippen molar-refractivity contribution >= 4 is 27.8 Å². The second-order valence-corrected chi connectivity index (χ2v) is 7.88. The maximum atomic E-state index is 12.5. The number of nitrogens with zero attached hydrogens (tertiary/aromatic N) is 2. The van der Waals surface area contributed by atoms with E-state index in [1.54, 1.807) is 26.0 Å². The zero-order chi connectivity index (χ0) is 20.5. The van der Waals surface area contributed by atoms with Crippen molar-refractivity contribution in [3.63, 3.8) is 0 Å². The van der Waals surface area contributed by atoms with E-state index in [0.29, 0.717) is 18.2 Å². The van der Waals surface area contributed by atoms with Crippen molar-refractivity contribution in [2.45, 2.75) is 18.7 Å². The summed E-state index contributed by atoms with van der Waals surface area (Å²) in [6, 6.07) is 11.3. The monoisotopic (exact) mass is 402 g/mol. The van der Waals surface area contributed by atoms with Crippen molar-refractivity contribution in [1.82, 2.24) is 9.37 Å². The molecule has 0 fully saturated rings. The lowest BCUT2D eigenvalue weighted by Crippen LogP contribution is -2.32. The highest BCUT2D eigenvalue weighted by Crippen LogP contribution is 2.24. The number of carbonyl (C=O) groups is 3. The number of benzene rings is 2. The van der Waals surface area contributed by atoms with Crippen molar-refractivity contribution in [3.05, 3.63) is 65.2 Å². The van der Waals surface area contributed by atoms with Crippen LogP contribution in [0.3, 0.4) is 0 Å². The van der Waals surface area contributed by atoms with E-state index in [-0.39, 0.29) is 21.6 Å². The summed E-state index contributed by atoms with van der Waals surface area (Å²) in [5.41, 5.74) is 0.317. The molecule has 0 atom stereocenters. The molecule has 9 heteroatoms. The third-order valence-corrected chi connectivity index (χ3v) is 6.43. The molecule has 2 amide bonds. The molecule has 2 aromatic rings. The first kappa shape index (κ1) is 19.7. The standard InChI is InChI=1S/C19H18N2O6S/c1-3-20(4-2)28(25,26)14-11-9-13(10-12-14)19(24)27-21-17(22)15-7-5-6-8-16(15)18(21)23/h5-12H,3-4H2,1-2H3. The van der Waals surface area contributed by atoms with Crippen LogP contribution in [0.1, 0.15) is 44.9 Å². The summed E-state index contributed by atoms with van der Waals surface area (Å²) in [5, 5.41) is 0.410. The lowest BCUT2D eigenvalue weighted by Gasteiger charge is -2.18. The van der Waals surface area contributed by atoms with Gasteiger partial charge in [0.1, 0.15) is 0 Å². The Morgan fingerprint density at radius 2 is 1.43 bits per heavy atom. The van der Waals surface area contributed by atoms with Gasteiger partial charge in [0.15, 0.2) is 0 Å². The molecule has 0 N–H and O–H groups in total. The molecule has 1 aliphatic rings. The van der Waals surface area contributed by atoms with Crippen LogP contribution in [0.25, 0.3) is 0 Å². The molecule has 0 unspecified atom stereocenters. The quantitative estimate of drug-likeness (QED) is 0.686. The minimum atomic E-state index is -3.66. The Morgan fingerprint density at radius 3 is 1.89 bits per heavy atom. The van der Waals surface area contributed by atoms with Gasteiger partial charge in [-0.1, -0.05) is 31.0 Å². The molecule has 28 heavy (non-hydrogen) atoms. The first-order valence-electron chi connectivity index (χ1n) is 8.61. The van der Waals surface area contributed by atoms with Crippen molar-refractivity contribution in [2.24, 2.45) is 0 Å². The van der Waals surface area contributed by atoms with Crippen LogP contribution in [0.5, 0.6) is 0 Å². The smallest absolute Gasteiger partial charge is 0.324 e. The number of hydrogen-bond donors (Lipinski definition) is 0. The Bertz CT molecular complexity index is 1010. The van der Waals surface area contributed by atoms with Crippen molar-refractivity contribution < 1.29 is 27.6 Å². The Balaban J connectivity index is 1.78. The zero-order valence-electron chi connectivity index (χ0n) is 15.3. The Morgan fingerprint density at radius 1 is 0.929 bits per heavy atom. The van der Waals surface area contributed by atoms with E-state index in [1.165, 1.54) is 40.7 Å². The number of hydroxylamine groups is 2. The van der Waals surface area contributed by atoms with Gasteiger partial charge in [-0.25, -0.2) is 13.2 Å². The van der Waals surface area contributed by atoms with Gasteiger partial charge >= 0.3 is 5.97 Å². The summed E-state index contributed by atoms with van der Waals surface area (Å²) in [4.78, 5) is 41.8. The Hall–Kier alpha value is -3.04. The maximum absolute atomic E-state index is 12.5. The van der Waals surface area contributed by atoms with Gasteiger partial charge in [-0.3, -0.25) is 9.59 Å². The van der Waals surface area contributed by atoms with Crippen LogP contribution in [0.2, 0.25) is 0 Å². The van der Waals surface area contributed by atoms with Gasteiger partial charge in [-0.2, -0.15) is 4.31 Å². The molecule has 0 radical (unpaired) electrons. The van der Waals surface area contributed by atoms with Crippen LogP contribution in [0.15, 0.2) is 53.4 Å². The molecule has 8 nitrogen and oxygen atoms in total. The first-order valence-corrected chi connectivity index (χ1v) is 10.1. The van der Waals surface area contributed by atoms with E-state index in [4.69, 9.17) is 4.84 Å². The summed E-state index contributed by atoms with van der Waals surface area (Å²) in [5.74, 6) is -2.40. The third kappa shape index (κ3) is 3.30. The molecule has 0 aromatic heterocycles. The highest BCUT2D eigenvalue weighted by Gasteiger charge is 2.38. The van der Waals surface area contributed by atoms with Crippen molar-refractivity contribution in [3.8, 4) is 0 Å². The fourth-order valence-electron chi connectivity index (χ4n) is 2.86. The average molecular weight is 402 g/mol. The van der Waals surface area contributed by atoms with E-state index in [2.05, 4.69) is 0 Å². The second kappa shape index (κ2) is 7.53. The van der Waals surface area contributed by atoms with Crippen molar-refractivity contribution in [1.29, 1.82) is 0 Å².